The van der Waals surface area contributed by atoms with Crippen LogP contribution in [0.15, 0.2) is 83.8 Å². The summed E-state index contributed by atoms with van der Waals surface area (Å²) in [6.07, 6.45) is 1.22. The van der Waals surface area contributed by atoms with Gasteiger partial charge in [0.15, 0.2) is 0 Å². The molecule has 0 unspecified atom stereocenters. The van der Waals surface area contributed by atoms with Crippen molar-refractivity contribution in [1.29, 1.82) is 0 Å². The lowest BCUT2D eigenvalue weighted by Crippen LogP contribution is -2.37. The minimum absolute atomic E-state index is 0.0255. The number of carbonyl (C=O) groups excluding carboxylic acids is 1. The Morgan fingerprint density at radius 2 is 1.50 bits per heavy atom. The molecule has 0 saturated carbocycles. The van der Waals surface area contributed by atoms with E-state index in [1.165, 1.54) is 12.1 Å². The smallest absolute Gasteiger partial charge is 0.270 e. The predicted octanol–water partition coefficient (Wildman–Crippen LogP) is 4.84. The molecule has 32 heavy (non-hydrogen) atoms. The van der Waals surface area contributed by atoms with Crippen molar-refractivity contribution in [3.63, 3.8) is 0 Å². The molecule has 7 heteroatoms. The van der Waals surface area contributed by atoms with Gasteiger partial charge in [0, 0.05) is 6.42 Å². The molecule has 0 aromatic heterocycles. The van der Waals surface area contributed by atoms with Gasteiger partial charge in [-0.3, -0.25) is 4.79 Å². The number of nitrogens with zero attached hydrogens (tertiary/aromatic N) is 1. The first-order valence-electron chi connectivity index (χ1n) is 10.4. The van der Waals surface area contributed by atoms with Crippen LogP contribution in [0.2, 0.25) is 0 Å². The molecule has 6 nitrogen and oxygen atoms in total. The number of methoxy groups -OCH3 is 1. The predicted molar refractivity (Wildman–Crippen MR) is 125 cm³/mol. The van der Waals surface area contributed by atoms with Crippen LogP contribution in [0.3, 0.4) is 0 Å². The van der Waals surface area contributed by atoms with Crippen LogP contribution in [0.5, 0.6) is 11.5 Å². The molecular weight excluding hydrogens is 426 g/mol. The Bertz CT molecular complexity index is 1110. The number of carbonyl (C=O) groups is 1. The molecule has 0 aliphatic carbocycles. The molecular formula is C25H27NO5S. The van der Waals surface area contributed by atoms with E-state index in [4.69, 9.17) is 9.47 Å². The first kappa shape index (κ1) is 23.3. The summed E-state index contributed by atoms with van der Waals surface area (Å²) in [6, 6.07) is 22.1. The van der Waals surface area contributed by atoms with Crippen molar-refractivity contribution in [2.24, 2.45) is 0 Å². The number of aryl methyl sites for hydroxylation is 1. The third kappa shape index (κ3) is 5.68. The maximum absolute atomic E-state index is 13.3. The van der Waals surface area contributed by atoms with Gasteiger partial charge in [-0.25, -0.2) is 12.7 Å². The van der Waals surface area contributed by atoms with Crippen molar-refractivity contribution < 1.29 is 22.7 Å². The number of hydrogen-bond acceptors (Lipinski definition) is 5. The summed E-state index contributed by atoms with van der Waals surface area (Å²) >= 11 is 0. The normalized spacial score (nSPS) is 11.1. The Kier molecular flexibility index (Phi) is 7.89. The van der Waals surface area contributed by atoms with Crippen molar-refractivity contribution in [1.82, 2.24) is 0 Å². The summed E-state index contributed by atoms with van der Waals surface area (Å²) in [4.78, 5) is 13.2. The van der Waals surface area contributed by atoms with Gasteiger partial charge < -0.3 is 9.47 Å². The molecule has 0 aliphatic rings. The lowest BCUT2D eigenvalue weighted by Gasteiger charge is -2.23. The molecule has 0 bridgehead atoms. The molecule has 0 spiro atoms. The van der Waals surface area contributed by atoms with Crippen LogP contribution in [0, 0.1) is 0 Å². The molecule has 0 atom stereocenters. The van der Waals surface area contributed by atoms with Gasteiger partial charge in [-0.1, -0.05) is 37.3 Å². The molecule has 3 rings (SSSR count). The molecule has 3 aromatic carbocycles. The minimum atomic E-state index is -4.04. The summed E-state index contributed by atoms with van der Waals surface area (Å²) < 4.78 is 38.3. The Hall–Kier alpha value is -3.32. The highest BCUT2D eigenvalue weighted by atomic mass is 32.2. The third-order valence-corrected chi connectivity index (χ3v) is 6.71. The molecule has 168 valence electrons. The monoisotopic (exact) mass is 453 g/mol. The largest absolute Gasteiger partial charge is 0.497 e. The maximum Gasteiger partial charge on any atom is 0.270 e. The quantitative estimate of drug-likeness (QED) is 0.411. The van der Waals surface area contributed by atoms with E-state index in [0.29, 0.717) is 17.9 Å². The summed E-state index contributed by atoms with van der Waals surface area (Å²) in [5.41, 5.74) is 1.39. The van der Waals surface area contributed by atoms with Crippen molar-refractivity contribution in [3.8, 4) is 11.5 Å². The second-order valence-electron chi connectivity index (χ2n) is 7.12. The van der Waals surface area contributed by atoms with Gasteiger partial charge in [-0.05, 0) is 66.9 Å². The fourth-order valence-corrected chi connectivity index (χ4v) is 4.64. The summed E-state index contributed by atoms with van der Waals surface area (Å²) in [7, 11) is -2.45. The zero-order valence-corrected chi connectivity index (χ0v) is 19.0. The lowest BCUT2D eigenvalue weighted by molar-refractivity contribution is -0.117. The molecule has 0 aliphatic heterocycles. The van der Waals surface area contributed by atoms with Crippen LogP contribution in [0.4, 0.5) is 5.69 Å². The third-order valence-electron chi connectivity index (χ3n) is 4.95. The number of ether oxygens (including phenoxy) is 2. The molecule has 0 fully saturated rings. The fourth-order valence-electron chi connectivity index (χ4n) is 3.17. The number of sulfonamides is 1. The average molecular weight is 454 g/mol. The van der Waals surface area contributed by atoms with Crippen LogP contribution >= 0.6 is 0 Å². The SMILES string of the molecule is CCc1ccc(N(C(=O)CCCOc2ccc(OC)cc2)S(=O)(=O)c2ccccc2)cc1. The second kappa shape index (κ2) is 10.8. The highest BCUT2D eigenvalue weighted by Gasteiger charge is 2.30. The minimum Gasteiger partial charge on any atom is -0.497 e. The molecule has 1 amide bonds. The molecule has 0 radical (unpaired) electrons. The zero-order chi connectivity index (χ0) is 23.0. The number of rotatable bonds is 10. The number of benzene rings is 3. The van der Waals surface area contributed by atoms with Gasteiger partial charge in [0.05, 0.1) is 24.3 Å². The van der Waals surface area contributed by atoms with E-state index in [2.05, 4.69) is 0 Å². The van der Waals surface area contributed by atoms with Crippen LogP contribution in [0.1, 0.15) is 25.3 Å². The van der Waals surface area contributed by atoms with Crippen molar-refractivity contribution in [2.75, 3.05) is 18.0 Å². The van der Waals surface area contributed by atoms with E-state index >= 15 is 0 Å². The highest BCUT2D eigenvalue weighted by molar-refractivity contribution is 7.93. The van der Waals surface area contributed by atoms with E-state index < -0.39 is 15.9 Å². The Balaban J connectivity index is 1.74. The van der Waals surface area contributed by atoms with E-state index in [9.17, 15) is 13.2 Å². The Morgan fingerprint density at radius 1 is 0.875 bits per heavy atom. The average Bonchev–Trinajstić information content (AvgIpc) is 2.83. The summed E-state index contributed by atoms with van der Waals surface area (Å²) in [5.74, 6) is 0.877. The van der Waals surface area contributed by atoms with Crippen molar-refractivity contribution >= 4 is 21.6 Å². The molecule has 0 N–H and O–H groups in total. The second-order valence-corrected chi connectivity index (χ2v) is 8.91. The Labute approximate surface area is 189 Å². The van der Waals surface area contributed by atoms with E-state index in [-0.39, 0.29) is 17.9 Å². The standard InChI is InChI=1S/C25H27NO5S/c1-3-20-11-13-21(14-12-20)26(32(28,29)24-8-5-4-6-9-24)25(27)10-7-19-31-23-17-15-22(30-2)16-18-23/h4-6,8-9,11-18H,3,7,10,19H2,1-2H3. The summed E-state index contributed by atoms with van der Waals surface area (Å²) in [6.45, 7) is 2.30. The molecule has 0 heterocycles. The van der Waals surface area contributed by atoms with Crippen LogP contribution in [-0.4, -0.2) is 28.0 Å². The number of anilines is 1. The van der Waals surface area contributed by atoms with E-state index in [0.717, 1.165) is 22.0 Å². The van der Waals surface area contributed by atoms with Gasteiger partial charge in [0.25, 0.3) is 10.0 Å². The van der Waals surface area contributed by atoms with Crippen LogP contribution < -0.4 is 13.8 Å². The molecule has 3 aromatic rings. The van der Waals surface area contributed by atoms with Gasteiger partial charge in [-0.15, -0.1) is 0 Å². The topological polar surface area (TPSA) is 72.9 Å². The van der Waals surface area contributed by atoms with E-state index in [1.807, 2.05) is 19.1 Å². The number of hydrogen-bond donors (Lipinski definition) is 0. The summed E-state index contributed by atoms with van der Waals surface area (Å²) in [5, 5.41) is 0. The molecule has 0 saturated heterocycles. The first-order chi connectivity index (χ1) is 15.5. The fraction of sp³-hybridized carbons (Fsp3) is 0.240. The first-order valence-corrected chi connectivity index (χ1v) is 11.9. The Morgan fingerprint density at radius 3 is 2.09 bits per heavy atom. The van der Waals surface area contributed by atoms with Gasteiger partial charge in [-0.2, -0.15) is 0 Å². The van der Waals surface area contributed by atoms with Crippen molar-refractivity contribution in [2.45, 2.75) is 31.1 Å². The van der Waals surface area contributed by atoms with Crippen LogP contribution in [-0.2, 0) is 21.2 Å². The van der Waals surface area contributed by atoms with Gasteiger partial charge >= 0.3 is 0 Å². The maximum atomic E-state index is 13.3. The lowest BCUT2D eigenvalue weighted by atomic mass is 10.1. The van der Waals surface area contributed by atoms with Crippen molar-refractivity contribution in [3.05, 3.63) is 84.4 Å². The van der Waals surface area contributed by atoms with Crippen LogP contribution in [0.25, 0.3) is 0 Å². The van der Waals surface area contributed by atoms with Gasteiger partial charge in [0.2, 0.25) is 5.91 Å². The van der Waals surface area contributed by atoms with Gasteiger partial charge in [0.1, 0.15) is 11.5 Å². The van der Waals surface area contributed by atoms with E-state index in [1.54, 1.807) is 61.7 Å². The zero-order valence-electron chi connectivity index (χ0n) is 18.2. The highest BCUT2D eigenvalue weighted by Crippen LogP contribution is 2.26. The number of amides is 1.